The van der Waals surface area contributed by atoms with Crippen molar-refractivity contribution < 1.29 is 27.1 Å². The normalized spacial score (nSPS) is 10.5. The van der Waals surface area contributed by atoms with Gasteiger partial charge in [0, 0.05) is 6.20 Å². The molecule has 0 fully saturated rings. The van der Waals surface area contributed by atoms with Crippen molar-refractivity contribution in [2.75, 3.05) is 5.43 Å². The minimum Gasteiger partial charge on any atom is -0.437 e. The molecule has 0 radical (unpaired) electrons. The van der Waals surface area contributed by atoms with Crippen LogP contribution >= 0.6 is 15.9 Å². The summed E-state index contributed by atoms with van der Waals surface area (Å²) in [5.74, 6) is -5.71. The number of aromatic nitrogens is 1. The van der Waals surface area contributed by atoms with E-state index in [0.29, 0.717) is 10.5 Å². The number of ether oxygens (including phenoxy) is 1. The molecule has 0 aliphatic heterocycles. The summed E-state index contributed by atoms with van der Waals surface area (Å²) in [5.41, 5.74) is 3.79. The first kappa shape index (κ1) is 19.6. The fourth-order valence-corrected chi connectivity index (χ4v) is 2.55. The number of amides is 1. The molecule has 10 heteroatoms. The summed E-state index contributed by atoms with van der Waals surface area (Å²) in [6.45, 7) is 0. The highest BCUT2D eigenvalue weighted by atomic mass is 79.9. The van der Waals surface area contributed by atoms with Crippen LogP contribution in [0.4, 0.5) is 23.2 Å². The van der Waals surface area contributed by atoms with E-state index in [1.807, 2.05) is 0 Å². The highest BCUT2D eigenvalue weighted by Crippen LogP contribution is 2.30. The van der Waals surface area contributed by atoms with Gasteiger partial charge in [0.25, 0.3) is 5.91 Å². The van der Waals surface area contributed by atoms with E-state index in [4.69, 9.17) is 4.74 Å². The minimum absolute atomic E-state index is 0.0470. The zero-order valence-corrected chi connectivity index (χ0v) is 15.4. The second-order valence-corrected chi connectivity index (χ2v) is 6.19. The van der Waals surface area contributed by atoms with Gasteiger partial charge in [-0.2, -0.15) is 0 Å². The fourth-order valence-electron chi connectivity index (χ4n) is 2.12. The van der Waals surface area contributed by atoms with Crippen molar-refractivity contribution in [2.45, 2.75) is 0 Å². The van der Waals surface area contributed by atoms with E-state index in [1.165, 1.54) is 30.5 Å². The van der Waals surface area contributed by atoms with Crippen molar-refractivity contribution in [1.82, 2.24) is 10.4 Å². The van der Waals surface area contributed by atoms with Crippen molar-refractivity contribution in [2.24, 2.45) is 0 Å². The highest BCUT2D eigenvalue weighted by molar-refractivity contribution is 9.10. The van der Waals surface area contributed by atoms with Crippen LogP contribution in [0.25, 0.3) is 0 Å². The number of benzene rings is 2. The van der Waals surface area contributed by atoms with Gasteiger partial charge in [0.2, 0.25) is 5.88 Å². The van der Waals surface area contributed by atoms with Gasteiger partial charge in [0.1, 0.15) is 17.1 Å². The Morgan fingerprint density at radius 3 is 2.57 bits per heavy atom. The average Bonchev–Trinajstić information content (AvgIpc) is 2.68. The van der Waals surface area contributed by atoms with E-state index >= 15 is 0 Å². The first-order valence-electron chi connectivity index (χ1n) is 7.64. The molecule has 0 atom stereocenters. The van der Waals surface area contributed by atoms with Crippen molar-refractivity contribution in [3.8, 4) is 11.6 Å². The van der Waals surface area contributed by atoms with Gasteiger partial charge in [-0.3, -0.25) is 15.6 Å². The van der Waals surface area contributed by atoms with E-state index in [0.717, 1.165) is 12.1 Å². The molecule has 0 saturated heterocycles. The van der Waals surface area contributed by atoms with Gasteiger partial charge < -0.3 is 4.74 Å². The molecule has 0 saturated carbocycles. The number of nitrogens with one attached hydrogen (secondary N) is 2. The quantitative estimate of drug-likeness (QED) is 0.324. The number of rotatable bonds is 5. The van der Waals surface area contributed by atoms with E-state index in [1.54, 1.807) is 0 Å². The molecule has 0 aliphatic carbocycles. The molecule has 2 N–H and O–H groups in total. The second kappa shape index (κ2) is 8.26. The van der Waals surface area contributed by atoms with Crippen LogP contribution in [0.2, 0.25) is 0 Å². The maximum Gasteiger partial charge on any atom is 0.275 e. The number of anilines is 1. The molecule has 3 rings (SSSR count). The predicted molar refractivity (Wildman–Crippen MR) is 95.8 cm³/mol. The molecule has 3 aromatic rings. The van der Waals surface area contributed by atoms with Crippen LogP contribution in [0.1, 0.15) is 10.4 Å². The third-order valence-electron chi connectivity index (χ3n) is 3.46. The van der Waals surface area contributed by atoms with Crippen molar-refractivity contribution in [3.05, 3.63) is 82.0 Å². The maximum absolute atomic E-state index is 13.7. The van der Waals surface area contributed by atoms with Crippen LogP contribution in [-0.4, -0.2) is 10.9 Å². The molecule has 5 nitrogen and oxygen atoms in total. The lowest BCUT2D eigenvalue weighted by atomic mass is 10.2. The number of halogens is 5. The van der Waals surface area contributed by atoms with Gasteiger partial charge in [-0.25, -0.2) is 22.5 Å². The zero-order chi connectivity index (χ0) is 20.3. The lowest BCUT2D eigenvalue weighted by Gasteiger charge is -2.13. The van der Waals surface area contributed by atoms with Crippen LogP contribution in [0.5, 0.6) is 11.6 Å². The van der Waals surface area contributed by atoms with Crippen molar-refractivity contribution in [3.63, 3.8) is 0 Å². The Hall–Kier alpha value is -3.14. The third kappa shape index (κ3) is 4.22. The first-order chi connectivity index (χ1) is 13.4. The molecule has 1 aromatic heterocycles. The van der Waals surface area contributed by atoms with Crippen molar-refractivity contribution >= 4 is 27.5 Å². The Morgan fingerprint density at radius 1 is 1.04 bits per heavy atom. The van der Waals surface area contributed by atoms with Crippen LogP contribution < -0.4 is 15.6 Å². The largest absolute Gasteiger partial charge is 0.437 e. The van der Waals surface area contributed by atoms with Gasteiger partial charge in [-0.1, -0.05) is 0 Å². The summed E-state index contributed by atoms with van der Waals surface area (Å²) >= 11 is 3.13. The van der Waals surface area contributed by atoms with E-state index in [2.05, 4.69) is 31.8 Å². The molecular weight excluding hydrogens is 446 g/mol. The molecule has 1 amide bonds. The predicted octanol–water partition coefficient (Wildman–Crippen LogP) is 4.95. The van der Waals surface area contributed by atoms with Crippen LogP contribution in [0.3, 0.4) is 0 Å². The lowest BCUT2D eigenvalue weighted by Crippen LogP contribution is -2.30. The molecule has 0 aliphatic rings. The van der Waals surface area contributed by atoms with Crippen LogP contribution in [0.15, 0.2) is 53.1 Å². The summed E-state index contributed by atoms with van der Waals surface area (Å²) in [5, 5.41) is 0. The van der Waals surface area contributed by atoms with Gasteiger partial charge in [-0.15, -0.1) is 0 Å². The summed E-state index contributed by atoms with van der Waals surface area (Å²) in [7, 11) is 0. The Bertz CT molecular complexity index is 1050. The van der Waals surface area contributed by atoms with Crippen LogP contribution in [0, 0.1) is 23.3 Å². The SMILES string of the molecule is O=C(NNc1ccc(F)c(F)c1F)c1cccnc1Oc1ccc(F)cc1Br. The summed E-state index contributed by atoms with van der Waals surface area (Å²) in [4.78, 5) is 16.3. The molecule has 1 heterocycles. The Labute approximate surface area is 164 Å². The number of carbonyl (C=O) groups excluding carboxylic acids is 1. The Balaban J connectivity index is 1.78. The van der Waals surface area contributed by atoms with E-state index in [9.17, 15) is 22.4 Å². The smallest absolute Gasteiger partial charge is 0.275 e. The minimum atomic E-state index is -1.68. The Kier molecular flexibility index (Phi) is 5.78. The molecule has 0 bridgehead atoms. The maximum atomic E-state index is 13.7. The first-order valence-corrected chi connectivity index (χ1v) is 8.44. The molecule has 28 heavy (non-hydrogen) atoms. The van der Waals surface area contributed by atoms with Crippen LogP contribution in [-0.2, 0) is 0 Å². The second-order valence-electron chi connectivity index (χ2n) is 5.33. The Morgan fingerprint density at radius 2 is 1.82 bits per heavy atom. The molecular formula is C18H10BrF4N3O2. The summed E-state index contributed by atoms with van der Waals surface area (Å²) in [6, 6.07) is 8.13. The molecule has 144 valence electrons. The lowest BCUT2D eigenvalue weighted by molar-refractivity contribution is 0.0959. The van der Waals surface area contributed by atoms with Gasteiger partial charge >= 0.3 is 0 Å². The summed E-state index contributed by atoms with van der Waals surface area (Å²) < 4.78 is 58.9. The van der Waals surface area contributed by atoms with E-state index in [-0.39, 0.29) is 17.2 Å². The van der Waals surface area contributed by atoms with Crippen molar-refractivity contribution in [1.29, 1.82) is 0 Å². The monoisotopic (exact) mass is 455 g/mol. The highest BCUT2D eigenvalue weighted by Gasteiger charge is 2.17. The summed E-state index contributed by atoms with van der Waals surface area (Å²) in [6.07, 6.45) is 1.37. The molecule has 0 spiro atoms. The number of nitrogens with zero attached hydrogens (tertiary/aromatic N) is 1. The van der Waals surface area contributed by atoms with Gasteiger partial charge in [0.15, 0.2) is 17.5 Å². The fraction of sp³-hybridized carbons (Fsp3) is 0. The standard InChI is InChI=1S/C18H10BrF4N3O2/c19-11-8-9(20)3-6-14(11)28-18-10(2-1-7-24-18)17(27)26-25-13-5-4-12(21)15(22)16(13)23/h1-8,25H,(H,26,27). The number of carbonyl (C=O) groups is 1. The third-order valence-corrected chi connectivity index (χ3v) is 4.08. The van der Waals surface area contributed by atoms with Gasteiger partial charge in [0.05, 0.1) is 10.2 Å². The molecule has 2 aromatic carbocycles. The molecule has 0 unspecified atom stereocenters. The zero-order valence-electron chi connectivity index (χ0n) is 13.8. The number of hydrazine groups is 1. The number of pyridine rings is 1. The topological polar surface area (TPSA) is 63.2 Å². The van der Waals surface area contributed by atoms with E-state index < -0.39 is 34.9 Å². The van der Waals surface area contributed by atoms with Gasteiger partial charge in [-0.05, 0) is 58.4 Å². The number of hydrogen-bond donors (Lipinski definition) is 2. The number of hydrogen-bond acceptors (Lipinski definition) is 4. The average molecular weight is 456 g/mol.